The molecule has 0 radical (unpaired) electrons. The summed E-state index contributed by atoms with van der Waals surface area (Å²) in [7, 11) is 7.74. The van der Waals surface area contributed by atoms with Crippen molar-refractivity contribution in [1.29, 1.82) is 5.41 Å². The molecule has 0 aliphatic rings. The smallest absolute Gasteiger partial charge is 0.274 e. The highest BCUT2D eigenvalue weighted by molar-refractivity contribution is 9.12. The largest absolute Gasteiger partial charge is 0.388 e. The van der Waals surface area contributed by atoms with Crippen molar-refractivity contribution in [1.82, 2.24) is 29.8 Å². The zero-order chi connectivity index (χ0) is 41.0. The summed E-state index contributed by atoms with van der Waals surface area (Å²) in [5.74, 6) is -2.55. The zero-order valence-corrected chi connectivity index (χ0v) is 32.6. The Bertz CT molecular complexity index is 2340. The van der Waals surface area contributed by atoms with E-state index in [0.717, 1.165) is 0 Å². The van der Waals surface area contributed by atoms with Crippen molar-refractivity contribution in [3.05, 3.63) is 101 Å². The second-order valence-electron chi connectivity index (χ2n) is 12.7. The molecule has 5 aromatic heterocycles. The van der Waals surface area contributed by atoms with Crippen LogP contribution in [-0.4, -0.2) is 113 Å². The number of nitrogens with one attached hydrogen (secondary N) is 7. The van der Waals surface area contributed by atoms with E-state index in [1.165, 1.54) is 107 Å². The van der Waals surface area contributed by atoms with Gasteiger partial charge in [0.05, 0.1) is 38.8 Å². The Hall–Kier alpha value is -7.09. The maximum atomic E-state index is 13.5. The number of hydrogen-bond acceptors (Lipinski definition) is 7. The van der Waals surface area contributed by atoms with Crippen LogP contribution < -0.4 is 30.7 Å². The topological polar surface area (TPSA) is 259 Å². The molecule has 9 N–H and O–H groups in total. The first-order chi connectivity index (χ1) is 26.5. The second kappa shape index (κ2) is 16.5. The third kappa shape index (κ3) is 8.65. The molecule has 19 nitrogen and oxygen atoms in total. The van der Waals surface area contributed by atoms with E-state index in [-0.39, 0.29) is 57.7 Å². The molecular formula is C36H40BrN13O6. The highest BCUT2D eigenvalue weighted by atomic mass is 79.9. The summed E-state index contributed by atoms with van der Waals surface area (Å²) in [5.41, 5.74) is 8.38. The number of nitrogens with zero attached hydrogens (tertiary/aromatic N) is 5. The lowest BCUT2D eigenvalue weighted by molar-refractivity contribution is -0.112. The molecular weight excluding hydrogens is 790 g/mol. The van der Waals surface area contributed by atoms with Crippen molar-refractivity contribution in [2.75, 3.05) is 66.7 Å². The van der Waals surface area contributed by atoms with E-state index in [0.29, 0.717) is 28.4 Å². The zero-order valence-electron chi connectivity index (χ0n) is 31.0. The van der Waals surface area contributed by atoms with Crippen molar-refractivity contribution >= 4 is 85.6 Å². The SMILES string of the molecule is C=C(Br)C(=O)Nc1c[nH]c(C(=O)N(C)c2c[nH]c(C(=O)N(C)c3c[nH]c(C(=O)N(C)c4c[nH]c(C(=O)N(C)c5c[nH]c(C(=O)N(C)CCC(=N)N)c5)c4)c3)c2)c1. The first-order valence-electron chi connectivity index (χ1n) is 16.7. The molecule has 20 heteroatoms. The minimum Gasteiger partial charge on any atom is -0.388 e. The third-order valence-corrected chi connectivity index (χ3v) is 9.20. The van der Waals surface area contributed by atoms with Gasteiger partial charge in [-0.05, 0) is 46.3 Å². The quantitative estimate of drug-likeness (QED) is 0.0467. The van der Waals surface area contributed by atoms with Crippen LogP contribution in [0.4, 0.5) is 28.4 Å². The van der Waals surface area contributed by atoms with Gasteiger partial charge in [-0.25, -0.2) is 0 Å². The molecule has 0 saturated heterocycles. The number of nitrogens with two attached hydrogens (primary N) is 1. The van der Waals surface area contributed by atoms with E-state index in [1.54, 1.807) is 14.1 Å². The number of amidine groups is 1. The third-order valence-electron chi connectivity index (χ3n) is 8.84. The number of aromatic amines is 5. The molecule has 5 rings (SSSR count). The molecule has 5 aromatic rings. The molecule has 292 valence electrons. The van der Waals surface area contributed by atoms with Crippen LogP contribution in [0.3, 0.4) is 0 Å². The van der Waals surface area contributed by atoms with Crippen molar-refractivity contribution in [3.8, 4) is 0 Å². The van der Waals surface area contributed by atoms with Gasteiger partial charge in [0.1, 0.15) is 28.5 Å². The molecule has 0 fully saturated rings. The summed E-state index contributed by atoms with van der Waals surface area (Å²) in [6.07, 6.45) is 7.74. The summed E-state index contributed by atoms with van der Waals surface area (Å²) in [6.45, 7) is 3.77. The predicted octanol–water partition coefficient (Wildman–Crippen LogP) is 3.68. The Morgan fingerprint density at radius 2 is 0.929 bits per heavy atom. The van der Waals surface area contributed by atoms with Crippen LogP contribution in [0.2, 0.25) is 0 Å². The molecule has 0 spiro atoms. The van der Waals surface area contributed by atoms with Gasteiger partial charge in [0, 0.05) is 79.2 Å². The fourth-order valence-electron chi connectivity index (χ4n) is 5.38. The molecule has 0 aliphatic heterocycles. The van der Waals surface area contributed by atoms with Gasteiger partial charge in [-0.2, -0.15) is 0 Å². The van der Waals surface area contributed by atoms with Crippen molar-refractivity contribution in [3.63, 3.8) is 0 Å². The van der Waals surface area contributed by atoms with Crippen LogP contribution in [0.1, 0.15) is 58.9 Å². The summed E-state index contributed by atoms with van der Waals surface area (Å²) < 4.78 is 0.132. The van der Waals surface area contributed by atoms with E-state index < -0.39 is 29.5 Å². The summed E-state index contributed by atoms with van der Waals surface area (Å²) in [5, 5.41) is 9.95. The number of carbonyl (C=O) groups excluding carboxylic acids is 6. The van der Waals surface area contributed by atoms with Gasteiger partial charge in [-0.15, -0.1) is 0 Å². The monoisotopic (exact) mass is 829 g/mol. The number of rotatable bonds is 14. The Balaban J connectivity index is 1.19. The van der Waals surface area contributed by atoms with Crippen LogP contribution in [0.15, 0.2) is 72.4 Å². The number of halogens is 1. The minimum atomic E-state index is -0.457. The van der Waals surface area contributed by atoms with E-state index in [4.69, 9.17) is 11.1 Å². The maximum Gasteiger partial charge on any atom is 0.274 e. The summed E-state index contributed by atoms with van der Waals surface area (Å²) in [4.78, 5) is 99.0. The molecule has 6 amide bonds. The van der Waals surface area contributed by atoms with Crippen LogP contribution in [0.5, 0.6) is 0 Å². The van der Waals surface area contributed by atoms with Gasteiger partial charge in [-0.3, -0.25) is 34.2 Å². The number of hydrogen-bond donors (Lipinski definition) is 8. The van der Waals surface area contributed by atoms with Crippen LogP contribution in [0, 0.1) is 5.41 Å². The van der Waals surface area contributed by atoms with E-state index >= 15 is 0 Å². The molecule has 0 aromatic carbocycles. The first-order valence-corrected chi connectivity index (χ1v) is 17.5. The lowest BCUT2D eigenvalue weighted by Gasteiger charge is -2.16. The molecule has 5 heterocycles. The average Bonchev–Trinajstić information content (AvgIpc) is 4.03. The van der Waals surface area contributed by atoms with Gasteiger partial charge in [-0.1, -0.05) is 6.58 Å². The standard InChI is InChI=1S/C36H40BrN13O6/c1-19(37)31(51)45-20-9-25(40-14-20)33(53)47(3)22-11-27(42-16-22)35(55)49(5)24-13-29(44-18-24)36(56)50(6)23-12-28(43-17-23)34(54)48(4)21-10-26(41-15-21)32(52)46(2)8-7-30(38)39/h9-18,40-44H,1,7-8H2,2-6H3,(H3,38,39)(H,45,51). The molecule has 0 unspecified atom stereocenters. The number of aromatic nitrogens is 5. The highest BCUT2D eigenvalue weighted by Crippen LogP contribution is 2.25. The maximum absolute atomic E-state index is 13.5. The van der Waals surface area contributed by atoms with Crippen molar-refractivity contribution in [2.45, 2.75) is 6.42 Å². The Morgan fingerprint density at radius 3 is 1.27 bits per heavy atom. The lowest BCUT2D eigenvalue weighted by Crippen LogP contribution is -2.30. The molecule has 56 heavy (non-hydrogen) atoms. The predicted molar refractivity (Wildman–Crippen MR) is 215 cm³/mol. The van der Waals surface area contributed by atoms with Crippen molar-refractivity contribution in [2.24, 2.45) is 5.73 Å². The Labute approximate surface area is 328 Å². The Morgan fingerprint density at radius 1 is 0.607 bits per heavy atom. The highest BCUT2D eigenvalue weighted by Gasteiger charge is 2.25. The average molecular weight is 831 g/mol. The number of carbonyl (C=O) groups is 6. The van der Waals surface area contributed by atoms with E-state index in [1.807, 2.05) is 0 Å². The minimum absolute atomic E-state index is 0.0286. The lowest BCUT2D eigenvalue weighted by atomic mass is 10.3. The fraction of sp³-hybridized carbons (Fsp3) is 0.194. The van der Waals surface area contributed by atoms with E-state index in [2.05, 4.69) is 52.7 Å². The molecule has 0 saturated carbocycles. The van der Waals surface area contributed by atoms with Crippen LogP contribution >= 0.6 is 15.9 Å². The van der Waals surface area contributed by atoms with E-state index in [9.17, 15) is 28.8 Å². The van der Waals surface area contributed by atoms with Crippen LogP contribution in [0.25, 0.3) is 0 Å². The molecule has 0 bridgehead atoms. The Kier molecular flexibility index (Phi) is 11.8. The van der Waals surface area contributed by atoms with Crippen molar-refractivity contribution < 1.29 is 28.8 Å². The van der Waals surface area contributed by atoms with Gasteiger partial charge in [0.2, 0.25) is 0 Å². The van der Waals surface area contributed by atoms with Gasteiger partial charge >= 0.3 is 0 Å². The van der Waals surface area contributed by atoms with Gasteiger partial charge in [0.15, 0.2) is 0 Å². The number of H-pyrrole nitrogens is 5. The first kappa shape index (κ1) is 40.1. The molecule has 0 atom stereocenters. The number of amides is 6. The number of anilines is 5. The summed E-state index contributed by atoms with van der Waals surface area (Å²) >= 11 is 3.00. The van der Waals surface area contributed by atoms with Crippen LogP contribution in [-0.2, 0) is 4.79 Å². The van der Waals surface area contributed by atoms with Gasteiger partial charge < -0.3 is 60.5 Å². The van der Waals surface area contributed by atoms with Gasteiger partial charge in [0.25, 0.3) is 35.4 Å². The summed E-state index contributed by atoms with van der Waals surface area (Å²) in [6, 6.07) is 7.55. The second-order valence-corrected chi connectivity index (χ2v) is 13.7. The fourth-order valence-corrected chi connectivity index (χ4v) is 5.48. The normalized spacial score (nSPS) is 10.8. The molecule has 0 aliphatic carbocycles.